The number of rotatable bonds is 2. The third kappa shape index (κ3) is 2.95. The van der Waals surface area contributed by atoms with Crippen molar-refractivity contribution in [2.24, 2.45) is 0 Å². The summed E-state index contributed by atoms with van der Waals surface area (Å²) in [6, 6.07) is 2.91. The number of aromatic amines is 1. The van der Waals surface area contributed by atoms with Crippen molar-refractivity contribution in [1.29, 1.82) is 0 Å². The van der Waals surface area contributed by atoms with E-state index >= 15 is 0 Å². The molecule has 120 valence electrons. The van der Waals surface area contributed by atoms with Crippen molar-refractivity contribution < 1.29 is 40.6 Å². The maximum atomic E-state index is 13.0. The summed E-state index contributed by atoms with van der Waals surface area (Å²) >= 11 is 0. The molecule has 10 heteroatoms. The molecule has 1 heterocycles. The van der Waals surface area contributed by atoms with Crippen molar-refractivity contribution in [3.05, 3.63) is 29.5 Å². The van der Waals surface area contributed by atoms with Crippen molar-refractivity contribution in [3.63, 3.8) is 0 Å². The molecule has 0 atom stereocenters. The number of fused-ring (bicyclic) bond motifs is 1. The molecule has 22 heavy (non-hydrogen) atoms. The van der Waals surface area contributed by atoms with Gasteiger partial charge in [0.15, 0.2) is 5.75 Å². The van der Waals surface area contributed by atoms with E-state index in [0.717, 1.165) is 25.3 Å². The molecule has 1 aromatic carbocycles. The van der Waals surface area contributed by atoms with E-state index < -0.39 is 41.0 Å². The summed E-state index contributed by atoms with van der Waals surface area (Å²) in [5.41, 5.74) is -3.02. The zero-order valence-electron chi connectivity index (χ0n) is 10.7. The second-order valence-corrected chi connectivity index (χ2v) is 4.09. The van der Waals surface area contributed by atoms with Crippen LogP contribution in [-0.4, -0.2) is 24.4 Å². The first-order valence-electron chi connectivity index (χ1n) is 5.60. The van der Waals surface area contributed by atoms with E-state index in [0.29, 0.717) is 0 Å². The van der Waals surface area contributed by atoms with Crippen LogP contribution in [0.5, 0.6) is 5.75 Å². The van der Waals surface area contributed by atoms with Gasteiger partial charge in [-0.3, -0.25) is 0 Å². The van der Waals surface area contributed by atoms with Crippen molar-refractivity contribution in [1.82, 2.24) is 4.98 Å². The second-order valence-electron chi connectivity index (χ2n) is 4.09. The number of carbonyl (C=O) groups excluding carboxylic acids is 1. The lowest BCUT2D eigenvalue weighted by molar-refractivity contribution is -0.274. The van der Waals surface area contributed by atoms with Gasteiger partial charge in [-0.25, -0.2) is 4.79 Å². The molecule has 1 N–H and O–H groups in total. The Hall–Kier alpha value is -2.39. The third-order valence-electron chi connectivity index (χ3n) is 2.69. The van der Waals surface area contributed by atoms with E-state index in [2.05, 4.69) is 9.47 Å². The SMILES string of the molecule is COC(=O)c1c(C(F)(F)F)[nH]c2c(OC(F)(F)F)cccc12. The van der Waals surface area contributed by atoms with Crippen LogP contribution in [-0.2, 0) is 10.9 Å². The minimum Gasteiger partial charge on any atom is -0.465 e. The van der Waals surface area contributed by atoms with Gasteiger partial charge in [0.1, 0.15) is 5.69 Å². The normalized spacial score (nSPS) is 12.5. The van der Waals surface area contributed by atoms with Gasteiger partial charge in [-0.05, 0) is 6.07 Å². The Labute approximate surface area is 118 Å². The van der Waals surface area contributed by atoms with Gasteiger partial charge >= 0.3 is 18.5 Å². The van der Waals surface area contributed by atoms with Crippen LogP contribution in [0.3, 0.4) is 0 Å². The number of ether oxygens (including phenoxy) is 2. The average molecular weight is 327 g/mol. The Morgan fingerprint density at radius 3 is 2.27 bits per heavy atom. The van der Waals surface area contributed by atoms with Crippen LogP contribution in [0.15, 0.2) is 18.2 Å². The molecule has 0 saturated carbocycles. The van der Waals surface area contributed by atoms with Crippen molar-refractivity contribution in [2.45, 2.75) is 12.5 Å². The summed E-state index contributed by atoms with van der Waals surface area (Å²) in [4.78, 5) is 13.3. The van der Waals surface area contributed by atoms with Crippen LogP contribution in [0, 0.1) is 0 Å². The summed E-state index contributed by atoms with van der Waals surface area (Å²) in [5, 5.41) is -0.388. The molecule has 0 amide bonds. The molecule has 0 aliphatic carbocycles. The summed E-state index contributed by atoms with van der Waals surface area (Å²) in [6.07, 6.45) is -10.1. The molecule has 0 aliphatic heterocycles. The van der Waals surface area contributed by atoms with Gasteiger partial charge in [-0.15, -0.1) is 13.2 Å². The van der Waals surface area contributed by atoms with E-state index in [1.165, 1.54) is 0 Å². The Kier molecular flexibility index (Phi) is 3.71. The molecule has 2 aromatic rings. The Bertz CT molecular complexity index is 716. The second kappa shape index (κ2) is 5.11. The quantitative estimate of drug-likeness (QED) is 0.673. The van der Waals surface area contributed by atoms with E-state index in [1.54, 1.807) is 4.98 Å². The largest absolute Gasteiger partial charge is 0.573 e. The third-order valence-corrected chi connectivity index (χ3v) is 2.69. The summed E-state index contributed by atoms with van der Waals surface area (Å²) < 4.78 is 83.6. The van der Waals surface area contributed by atoms with E-state index in [4.69, 9.17) is 0 Å². The number of carbonyl (C=O) groups is 1. The number of methoxy groups -OCH3 is 1. The van der Waals surface area contributed by atoms with Crippen molar-refractivity contribution in [3.8, 4) is 5.75 Å². The molecular formula is C12H7F6NO3. The Balaban J connectivity index is 2.76. The molecule has 0 unspecified atom stereocenters. The van der Waals surface area contributed by atoms with Crippen LogP contribution < -0.4 is 4.74 Å². The maximum absolute atomic E-state index is 13.0. The van der Waals surface area contributed by atoms with Crippen LogP contribution in [0.4, 0.5) is 26.3 Å². The molecule has 0 spiro atoms. The van der Waals surface area contributed by atoms with Crippen molar-refractivity contribution in [2.75, 3.05) is 7.11 Å². The van der Waals surface area contributed by atoms with Crippen LogP contribution in [0.1, 0.15) is 16.1 Å². The first kappa shape index (κ1) is 16.0. The molecule has 0 saturated heterocycles. The maximum Gasteiger partial charge on any atom is 0.573 e. The monoisotopic (exact) mass is 327 g/mol. The fourth-order valence-corrected chi connectivity index (χ4v) is 1.93. The Morgan fingerprint density at radius 1 is 1.14 bits per heavy atom. The Morgan fingerprint density at radius 2 is 1.77 bits per heavy atom. The highest BCUT2D eigenvalue weighted by Gasteiger charge is 2.40. The average Bonchev–Trinajstić information content (AvgIpc) is 2.76. The van der Waals surface area contributed by atoms with Gasteiger partial charge in [-0.1, -0.05) is 12.1 Å². The van der Waals surface area contributed by atoms with Crippen LogP contribution in [0.25, 0.3) is 10.9 Å². The minimum atomic E-state index is -5.09. The minimum absolute atomic E-state index is 0.388. The standard InChI is InChI=1S/C12H7F6NO3/c1-21-10(20)7-5-3-2-4-6(22-12(16,17)18)8(5)19-9(7)11(13,14)15/h2-4,19H,1H3. The van der Waals surface area contributed by atoms with E-state index in [1.807, 2.05) is 0 Å². The van der Waals surface area contributed by atoms with Gasteiger partial charge in [0.05, 0.1) is 18.2 Å². The number of hydrogen-bond donors (Lipinski definition) is 1. The van der Waals surface area contributed by atoms with E-state index in [-0.39, 0.29) is 5.39 Å². The zero-order valence-corrected chi connectivity index (χ0v) is 10.7. The smallest absolute Gasteiger partial charge is 0.465 e. The summed E-state index contributed by atoms with van der Waals surface area (Å²) in [6.45, 7) is 0. The van der Waals surface area contributed by atoms with Crippen molar-refractivity contribution >= 4 is 16.9 Å². The fourth-order valence-electron chi connectivity index (χ4n) is 1.93. The van der Waals surface area contributed by atoms with Gasteiger partial charge in [0.2, 0.25) is 0 Å². The lowest BCUT2D eigenvalue weighted by Crippen LogP contribution is -2.17. The molecule has 4 nitrogen and oxygen atoms in total. The number of esters is 1. The number of nitrogens with one attached hydrogen (secondary N) is 1. The van der Waals surface area contributed by atoms with E-state index in [9.17, 15) is 31.1 Å². The summed E-state index contributed by atoms with van der Waals surface area (Å²) in [5.74, 6) is -2.21. The molecule has 0 bridgehead atoms. The number of benzene rings is 1. The highest BCUT2D eigenvalue weighted by Crippen LogP contribution is 2.39. The zero-order chi connectivity index (χ0) is 16.7. The van der Waals surface area contributed by atoms with Gasteiger partial charge in [0, 0.05) is 5.39 Å². The molecule has 0 fully saturated rings. The molecule has 2 rings (SSSR count). The summed E-state index contributed by atoms with van der Waals surface area (Å²) in [7, 11) is 0.859. The topological polar surface area (TPSA) is 51.3 Å². The molecule has 0 aliphatic rings. The van der Waals surface area contributed by atoms with Gasteiger partial charge in [0.25, 0.3) is 0 Å². The number of halogens is 6. The molecule has 0 radical (unpaired) electrons. The molecular weight excluding hydrogens is 320 g/mol. The molecule has 1 aromatic heterocycles. The lowest BCUT2D eigenvalue weighted by atomic mass is 10.1. The van der Waals surface area contributed by atoms with Crippen LogP contribution >= 0.6 is 0 Å². The first-order valence-corrected chi connectivity index (χ1v) is 5.60. The highest BCUT2D eigenvalue weighted by molar-refractivity contribution is 6.07. The lowest BCUT2D eigenvalue weighted by Gasteiger charge is -2.09. The predicted octanol–water partition coefficient (Wildman–Crippen LogP) is 3.87. The first-order chi connectivity index (χ1) is 10.0. The number of alkyl halides is 6. The number of aromatic nitrogens is 1. The van der Waals surface area contributed by atoms with Gasteiger partial charge in [-0.2, -0.15) is 13.2 Å². The number of H-pyrrole nitrogens is 1. The van der Waals surface area contributed by atoms with Gasteiger partial charge < -0.3 is 14.5 Å². The van der Waals surface area contributed by atoms with Crippen LogP contribution in [0.2, 0.25) is 0 Å². The number of hydrogen-bond acceptors (Lipinski definition) is 3. The highest BCUT2D eigenvalue weighted by atomic mass is 19.4. The fraction of sp³-hybridized carbons (Fsp3) is 0.250. The predicted molar refractivity (Wildman–Crippen MR) is 61.3 cm³/mol. The number of para-hydroxylation sites is 1.